The van der Waals surface area contributed by atoms with Crippen LogP contribution in [0.15, 0.2) is 78.9 Å². The summed E-state index contributed by atoms with van der Waals surface area (Å²) in [5.74, 6) is 0. The normalized spacial score (nSPS) is 10.4. The number of para-hydroxylation sites is 1. The number of halogens is 1. The maximum absolute atomic E-state index is 2.36. The Morgan fingerprint density at radius 1 is 0.667 bits per heavy atom. The average molecular weight is 385 g/mol. The monoisotopic (exact) mass is 385 g/mol. The summed E-state index contributed by atoms with van der Waals surface area (Å²) in [6.07, 6.45) is 0. The number of benzene rings is 3. The molecule has 0 radical (unpaired) electrons. The summed E-state index contributed by atoms with van der Waals surface area (Å²) in [5.41, 5.74) is 4.80. The summed E-state index contributed by atoms with van der Waals surface area (Å²) in [6.45, 7) is 2.13. The number of nitrogens with zero attached hydrogens (tertiary/aromatic N) is 1. The molecule has 0 saturated heterocycles. The first-order valence-electron chi connectivity index (χ1n) is 6.91. The lowest BCUT2D eigenvalue weighted by atomic mass is 10.1. The molecule has 0 bridgehead atoms. The number of rotatable bonds is 3. The minimum Gasteiger partial charge on any atom is -0.310 e. The second-order valence-electron chi connectivity index (χ2n) is 4.99. The lowest BCUT2D eigenvalue weighted by molar-refractivity contribution is 1.27. The molecule has 0 heterocycles. The van der Waals surface area contributed by atoms with Crippen molar-refractivity contribution in [3.63, 3.8) is 0 Å². The first-order chi connectivity index (χ1) is 10.2. The third-order valence-electron chi connectivity index (χ3n) is 3.34. The molecule has 1 nitrogen and oxygen atoms in total. The van der Waals surface area contributed by atoms with E-state index >= 15 is 0 Å². The Kier molecular flexibility index (Phi) is 4.25. The predicted octanol–water partition coefficient (Wildman–Crippen LogP) is 6.07. The molecule has 0 unspecified atom stereocenters. The lowest BCUT2D eigenvalue weighted by Crippen LogP contribution is -2.10. The minimum atomic E-state index is 1.17. The van der Waals surface area contributed by atoms with Gasteiger partial charge in [-0.15, -0.1) is 0 Å². The number of anilines is 3. The van der Waals surface area contributed by atoms with E-state index < -0.39 is 0 Å². The van der Waals surface area contributed by atoms with Crippen molar-refractivity contribution in [1.29, 1.82) is 0 Å². The highest BCUT2D eigenvalue weighted by molar-refractivity contribution is 14.1. The van der Waals surface area contributed by atoms with Gasteiger partial charge in [0, 0.05) is 20.6 Å². The van der Waals surface area contributed by atoms with Crippen molar-refractivity contribution in [3.8, 4) is 0 Å². The molecule has 104 valence electrons. The van der Waals surface area contributed by atoms with E-state index in [0.29, 0.717) is 0 Å². The molecule has 3 aromatic rings. The molecule has 0 spiro atoms. The molecule has 0 aliphatic heterocycles. The van der Waals surface area contributed by atoms with Gasteiger partial charge in [0.2, 0.25) is 0 Å². The van der Waals surface area contributed by atoms with Crippen LogP contribution in [0.2, 0.25) is 0 Å². The van der Waals surface area contributed by atoms with Gasteiger partial charge >= 0.3 is 0 Å². The molecular weight excluding hydrogens is 369 g/mol. The van der Waals surface area contributed by atoms with E-state index in [-0.39, 0.29) is 0 Å². The molecule has 0 aliphatic carbocycles. The first kappa shape index (κ1) is 14.1. The van der Waals surface area contributed by atoms with Crippen LogP contribution in [0.25, 0.3) is 0 Å². The number of hydrogen-bond donors (Lipinski definition) is 0. The van der Waals surface area contributed by atoms with Gasteiger partial charge in [-0.2, -0.15) is 0 Å². The fourth-order valence-electron chi connectivity index (χ4n) is 2.41. The Bertz CT molecular complexity index is 692. The quantitative estimate of drug-likeness (QED) is 0.495. The second-order valence-corrected chi connectivity index (χ2v) is 6.24. The summed E-state index contributed by atoms with van der Waals surface area (Å²) in [7, 11) is 0. The third kappa shape index (κ3) is 3.27. The standard InChI is InChI=1S/C19H16IN/c1-15-7-5-11-18(13-15)21(17-9-3-2-4-10-17)19-12-6-8-16(20)14-19/h2-14H,1H3. The van der Waals surface area contributed by atoms with Crippen molar-refractivity contribution in [1.82, 2.24) is 0 Å². The van der Waals surface area contributed by atoms with E-state index in [4.69, 9.17) is 0 Å². The molecule has 0 aromatic heterocycles. The number of aryl methyl sites for hydroxylation is 1. The molecular formula is C19H16IN. The highest BCUT2D eigenvalue weighted by atomic mass is 127. The minimum absolute atomic E-state index is 1.17. The molecule has 0 amide bonds. The fraction of sp³-hybridized carbons (Fsp3) is 0.0526. The average Bonchev–Trinajstić information content (AvgIpc) is 2.49. The Morgan fingerprint density at radius 2 is 1.29 bits per heavy atom. The van der Waals surface area contributed by atoms with Crippen LogP contribution in [-0.2, 0) is 0 Å². The van der Waals surface area contributed by atoms with Crippen LogP contribution in [0.3, 0.4) is 0 Å². The van der Waals surface area contributed by atoms with E-state index in [1.807, 2.05) is 6.07 Å². The van der Waals surface area contributed by atoms with Crippen molar-refractivity contribution < 1.29 is 0 Å². The van der Waals surface area contributed by atoms with Gasteiger partial charge in [-0.05, 0) is 77.5 Å². The Morgan fingerprint density at radius 3 is 1.95 bits per heavy atom. The Balaban J connectivity index is 2.16. The molecule has 2 heteroatoms. The molecule has 0 atom stereocenters. The van der Waals surface area contributed by atoms with Crippen molar-refractivity contribution in [2.75, 3.05) is 4.90 Å². The predicted molar refractivity (Wildman–Crippen MR) is 98.6 cm³/mol. The van der Waals surface area contributed by atoms with E-state index in [1.54, 1.807) is 0 Å². The molecule has 0 fully saturated rings. The fourth-order valence-corrected chi connectivity index (χ4v) is 2.93. The SMILES string of the molecule is Cc1cccc(N(c2ccccc2)c2cccc(I)c2)c1. The van der Waals surface area contributed by atoms with Gasteiger partial charge in [-0.1, -0.05) is 36.4 Å². The largest absolute Gasteiger partial charge is 0.310 e. The smallest absolute Gasteiger partial charge is 0.0472 e. The van der Waals surface area contributed by atoms with Gasteiger partial charge < -0.3 is 4.90 Å². The van der Waals surface area contributed by atoms with Crippen LogP contribution in [0.1, 0.15) is 5.56 Å². The van der Waals surface area contributed by atoms with Gasteiger partial charge in [0.1, 0.15) is 0 Å². The van der Waals surface area contributed by atoms with Gasteiger partial charge in [0.05, 0.1) is 0 Å². The van der Waals surface area contributed by atoms with E-state index in [9.17, 15) is 0 Å². The Hall–Kier alpha value is -1.81. The number of hydrogen-bond acceptors (Lipinski definition) is 1. The van der Waals surface area contributed by atoms with Crippen LogP contribution < -0.4 is 4.90 Å². The van der Waals surface area contributed by atoms with Crippen LogP contribution in [0.5, 0.6) is 0 Å². The summed E-state index contributed by atoms with van der Waals surface area (Å²) in [4.78, 5) is 2.29. The summed E-state index contributed by atoms with van der Waals surface area (Å²) >= 11 is 2.36. The van der Waals surface area contributed by atoms with Crippen LogP contribution in [0.4, 0.5) is 17.1 Å². The van der Waals surface area contributed by atoms with Crippen molar-refractivity contribution >= 4 is 39.7 Å². The summed E-state index contributed by atoms with van der Waals surface area (Å²) in [6, 6.07) is 27.7. The molecule has 0 N–H and O–H groups in total. The first-order valence-corrected chi connectivity index (χ1v) is 7.99. The van der Waals surface area contributed by atoms with E-state index in [2.05, 4.69) is 107 Å². The van der Waals surface area contributed by atoms with Crippen LogP contribution in [-0.4, -0.2) is 0 Å². The second kappa shape index (κ2) is 6.31. The van der Waals surface area contributed by atoms with Gasteiger partial charge in [-0.25, -0.2) is 0 Å². The van der Waals surface area contributed by atoms with Crippen LogP contribution in [0, 0.1) is 10.5 Å². The third-order valence-corrected chi connectivity index (χ3v) is 4.01. The molecule has 3 aromatic carbocycles. The van der Waals surface area contributed by atoms with Gasteiger partial charge in [-0.3, -0.25) is 0 Å². The zero-order chi connectivity index (χ0) is 14.7. The van der Waals surface area contributed by atoms with E-state index in [1.165, 1.54) is 26.2 Å². The zero-order valence-corrected chi connectivity index (χ0v) is 14.0. The lowest BCUT2D eigenvalue weighted by Gasteiger charge is -2.25. The molecule has 21 heavy (non-hydrogen) atoms. The summed E-state index contributed by atoms with van der Waals surface area (Å²) < 4.78 is 1.23. The molecule has 0 saturated carbocycles. The maximum atomic E-state index is 2.36. The maximum Gasteiger partial charge on any atom is 0.0472 e. The molecule has 0 aliphatic rings. The molecule has 3 rings (SSSR count). The van der Waals surface area contributed by atoms with E-state index in [0.717, 1.165) is 0 Å². The van der Waals surface area contributed by atoms with Crippen molar-refractivity contribution in [2.24, 2.45) is 0 Å². The van der Waals surface area contributed by atoms with Crippen molar-refractivity contribution in [3.05, 3.63) is 88.0 Å². The topological polar surface area (TPSA) is 3.24 Å². The van der Waals surface area contributed by atoms with Crippen molar-refractivity contribution in [2.45, 2.75) is 6.92 Å². The van der Waals surface area contributed by atoms with Crippen LogP contribution >= 0.6 is 22.6 Å². The summed E-state index contributed by atoms with van der Waals surface area (Å²) in [5, 5.41) is 0. The zero-order valence-electron chi connectivity index (χ0n) is 11.8. The van der Waals surface area contributed by atoms with Gasteiger partial charge in [0.15, 0.2) is 0 Å². The Labute approximate surface area is 139 Å². The van der Waals surface area contributed by atoms with Gasteiger partial charge in [0.25, 0.3) is 0 Å². The highest BCUT2D eigenvalue weighted by Gasteiger charge is 2.12. The highest BCUT2D eigenvalue weighted by Crippen LogP contribution is 2.34.